The quantitative estimate of drug-likeness (QED) is 0.817. The lowest BCUT2D eigenvalue weighted by Gasteiger charge is -2.20. The summed E-state index contributed by atoms with van der Waals surface area (Å²) < 4.78 is 35.9. The van der Waals surface area contributed by atoms with Crippen molar-refractivity contribution < 1.29 is 23.0 Å². The molecule has 1 rings (SSSR count). The van der Waals surface area contributed by atoms with E-state index in [1.807, 2.05) is 0 Å². The maximum atomic E-state index is 12.7. The molecule has 0 spiro atoms. The van der Waals surface area contributed by atoms with Crippen LogP contribution < -0.4 is 0 Å². The van der Waals surface area contributed by atoms with Crippen molar-refractivity contribution in [2.45, 2.75) is 18.3 Å². The number of benzene rings is 1. The molecule has 0 bridgehead atoms. The van der Waals surface area contributed by atoms with Gasteiger partial charge in [-0.3, -0.25) is 0 Å². The Hall–Kier alpha value is -0.980. The first-order valence-electron chi connectivity index (χ1n) is 5.18. The highest BCUT2D eigenvalue weighted by Gasteiger charge is 2.31. The summed E-state index contributed by atoms with van der Waals surface area (Å²) in [6.07, 6.45) is -1.36. The molecule has 96 valence electrons. The number of halogens is 1. The molecule has 0 fully saturated rings. The van der Waals surface area contributed by atoms with E-state index in [1.165, 1.54) is 19.1 Å². The predicted molar refractivity (Wildman–Crippen MR) is 61.7 cm³/mol. The topological polar surface area (TPSA) is 74.6 Å². The molecule has 17 heavy (non-hydrogen) atoms. The molecule has 1 aromatic carbocycles. The number of sulfone groups is 1. The van der Waals surface area contributed by atoms with E-state index in [0.717, 1.165) is 12.1 Å². The van der Waals surface area contributed by atoms with E-state index in [9.17, 15) is 17.9 Å². The van der Waals surface area contributed by atoms with Gasteiger partial charge in [-0.05, 0) is 17.7 Å². The van der Waals surface area contributed by atoms with E-state index in [1.54, 1.807) is 0 Å². The van der Waals surface area contributed by atoms with Crippen LogP contribution in [0.1, 0.15) is 18.6 Å². The predicted octanol–water partition coefficient (Wildman–Crippen LogP) is 0.655. The number of aliphatic hydroxyl groups is 2. The minimum absolute atomic E-state index is 0.170. The molecule has 0 saturated heterocycles. The molecular weight excluding hydrogens is 247 g/mol. The van der Waals surface area contributed by atoms with Crippen LogP contribution in [0.15, 0.2) is 24.3 Å². The van der Waals surface area contributed by atoms with Gasteiger partial charge in [0.25, 0.3) is 0 Å². The highest BCUT2D eigenvalue weighted by Crippen LogP contribution is 2.22. The van der Waals surface area contributed by atoms with Crippen LogP contribution in [0.4, 0.5) is 4.39 Å². The van der Waals surface area contributed by atoms with Gasteiger partial charge in [-0.25, -0.2) is 12.8 Å². The maximum Gasteiger partial charge on any atom is 0.158 e. The lowest BCUT2D eigenvalue weighted by molar-refractivity contribution is 0.138. The van der Waals surface area contributed by atoms with Crippen LogP contribution in [-0.2, 0) is 9.84 Å². The van der Waals surface area contributed by atoms with Gasteiger partial charge in [0.2, 0.25) is 0 Å². The molecule has 0 aliphatic carbocycles. The van der Waals surface area contributed by atoms with Crippen LogP contribution in [0, 0.1) is 5.82 Å². The number of hydrogen-bond donors (Lipinski definition) is 2. The molecule has 0 aliphatic rings. The second kappa shape index (κ2) is 5.57. The van der Waals surface area contributed by atoms with E-state index in [2.05, 4.69) is 0 Å². The minimum atomic E-state index is -3.56. The van der Waals surface area contributed by atoms with Gasteiger partial charge >= 0.3 is 0 Å². The van der Waals surface area contributed by atoms with Gasteiger partial charge in [0.1, 0.15) is 11.1 Å². The lowest BCUT2D eigenvalue weighted by atomic mass is 10.1. The molecule has 0 aromatic heterocycles. The number of rotatable bonds is 5. The summed E-state index contributed by atoms with van der Waals surface area (Å²) in [6, 6.07) is 4.86. The molecule has 0 unspecified atom stereocenters. The highest BCUT2D eigenvalue weighted by molar-refractivity contribution is 7.92. The van der Waals surface area contributed by atoms with E-state index < -0.39 is 33.6 Å². The molecule has 2 N–H and O–H groups in total. The zero-order valence-electron chi connectivity index (χ0n) is 9.38. The Kier molecular flexibility index (Phi) is 4.62. The average Bonchev–Trinajstić information content (AvgIpc) is 2.30. The van der Waals surface area contributed by atoms with Gasteiger partial charge in [-0.2, -0.15) is 0 Å². The van der Waals surface area contributed by atoms with Gasteiger partial charge in [0.15, 0.2) is 9.84 Å². The second-order valence-electron chi connectivity index (χ2n) is 3.67. The number of aliphatic hydroxyl groups excluding tert-OH is 2. The van der Waals surface area contributed by atoms with Crippen LogP contribution in [0.2, 0.25) is 0 Å². The van der Waals surface area contributed by atoms with Gasteiger partial charge in [0, 0.05) is 5.75 Å². The molecule has 1 aromatic rings. The highest BCUT2D eigenvalue weighted by atomic mass is 32.2. The first kappa shape index (κ1) is 14.1. The van der Waals surface area contributed by atoms with Gasteiger partial charge in [-0.1, -0.05) is 19.1 Å². The maximum absolute atomic E-state index is 12.7. The Labute approximate surface area is 99.6 Å². The van der Waals surface area contributed by atoms with Gasteiger partial charge in [-0.15, -0.1) is 0 Å². The van der Waals surface area contributed by atoms with Crippen molar-refractivity contribution in [1.82, 2.24) is 0 Å². The fourth-order valence-electron chi connectivity index (χ4n) is 1.50. The van der Waals surface area contributed by atoms with Crippen molar-refractivity contribution in [2.24, 2.45) is 0 Å². The summed E-state index contributed by atoms with van der Waals surface area (Å²) in [4.78, 5) is 0. The van der Waals surface area contributed by atoms with Crippen LogP contribution in [0.25, 0.3) is 0 Å². The molecule has 6 heteroatoms. The van der Waals surface area contributed by atoms with E-state index in [-0.39, 0.29) is 11.3 Å². The Morgan fingerprint density at radius 3 is 2.24 bits per heavy atom. The fourth-order valence-corrected chi connectivity index (χ4v) is 2.70. The van der Waals surface area contributed by atoms with Crippen molar-refractivity contribution in [3.63, 3.8) is 0 Å². The Morgan fingerprint density at radius 1 is 1.29 bits per heavy atom. The Morgan fingerprint density at radius 2 is 1.82 bits per heavy atom. The summed E-state index contributed by atoms with van der Waals surface area (Å²) in [5.41, 5.74) is 0.266. The number of hydrogen-bond acceptors (Lipinski definition) is 4. The first-order chi connectivity index (χ1) is 7.92. The summed E-state index contributed by atoms with van der Waals surface area (Å²) in [5, 5.41) is 17.7. The monoisotopic (exact) mass is 262 g/mol. The van der Waals surface area contributed by atoms with Gasteiger partial charge < -0.3 is 10.2 Å². The summed E-state index contributed by atoms with van der Waals surface area (Å²) >= 11 is 0. The summed E-state index contributed by atoms with van der Waals surface area (Å²) in [6.45, 7) is 0.768. The van der Waals surface area contributed by atoms with Gasteiger partial charge in [0.05, 0.1) is 12.7 Å². The average molecular weight is 262 g/mol. The van der Waals surface area contributed by atoms with E-state index in [0.29, 0.717) is 0 Å². The molecule has 0 saturated carbocycles. The normalized spacial score (nSPS) is 15.5. The minimum Gasteiger partial charge on any atom is -0.395 e. The molecule has 4 nitrogen and oxygen atoms in total. The summed E-state index contributed by atoms with van der Waals surface area (Å²) in [5.74, 6) is -0.643. The summed E-state index contributed by atoms with van der Waals surface area (Å²) in [7, 11) is -3.56. The van der Waals surface area contributed by atoms with E-state index in [4.69, 9.17) is 5.11 Å². The third-order valence-electron chi connectivity index (χ3n) is 2.61. The Bertz CT molecular complexity index is 455. The smallest absolute Gasteiger partial charge is 0.158 e. The van der Waals surface area contributed by atoms with Crippen molar-refractivity contribution in [2.75, 3.05) is 12.4 Å². The van der Waals surface area contributed by atoms with Crippen molar-refractivity contribution in [3.8, 4) is 0 Å². The van der Waals surface area contributed by atoms with Crippen molar-refractivity contribution in [1.29, 1.82) is 0 Å². The van der Waals surface area contributed by atoms with Crippen molar-refractivity contribution >= 4 is 9.84 Å². The van der Waals surface area contributed by atoms with Crippen molar-refractivity contribution in [3.05, 3.63) is 35.6 Å². The standard InChI is InChI=1S/C11H15FO4S/c1-2-17(15,16)10(7-13)11(14)8-3-5-9(12)6-4-8/h3-6,10-11,13-14H,2,7H2,1H3/t10-,11-/m0/s1. The fraction of sp³-hybridized carbons (Fsp3) is 0.455. The third kappa shape index (κ3) is 3.24. The zero-order chi connectivity index (χ0) is 13.1. The molecule has 0 heterocycles. The van der Waals surface area contributed by atoms with Crippen LogP contribution >= 0.6 is 0 Å². The lowest BCUT2D eigenvalue weighted by Crippen LogP contribution is -2.33. The molecule has 2 atom stereocenters. The largest absolute Gasteiger partial charge is 0.395 e. The first-order valence-corrected chi connectivity index (χ1v) is 6.90. The van der Waals surface area contributed by atoms with Crippen LogP contribution in [0.5, 0.6) is 0 Å². The van der Waals surface area contributed by atoms with Crippen LogP contribution in [-0.4, -0.2) is 36.2 Å². The molecule has 0 radical (unpaired) electrons. The Balaban J connectivity index is 3.02. The third-order valence-corrected chi connectivity index (χ3v) is 4.74. The van der Waals surface area contributed by atoms with E-state index >= 15 is 0 Å². The molecular formula is C11H15FO4S. The van der Waals surface area contributed by atoms with Crippen LogP contribution in [0.3, 0.4) is 0 Å². The second-order valence-corrected chi connectivity index (χ2v) is 6.18. The SMILES string of the molecule is CCS(=O)(=O)[C@@H](CO)[C@@H](O)c1ccc(F)cc1. The zero-order valence-corrected chi connectivity index (χ0v) is 10.2. The molecule has 0 amide bonds. The molecule has 0 aliphatic heterocycles.